The van der Waals surface area contributed by atoms with Crippen LogP contribution in [-0.2, 0) is 6.54 Å². The molecule has 1 atom stereocenters. The Hall–Kier alpha value is -2.74. The Morgan fingerprint density at radius 2 is 1.88 bits per heavy atom. The van der Waals surface area contributed by atoms with Crippen LogP contribution >= 0.6 is 0 Å². The minimum atomic E-state index is 0.121. The molecule has 130 valence electrons. The predicted molar refractivity (Wildman–Crippen MR) is 111 cm³/mol. The van der Waals surface area contributed by atoms with Gasteiger partial charge in [0, 0.05) is 31.0 Å². The zero-order valence-corrected chi connectivity index (χ0v) is 15.5. The minimum absolute atomic E-state index is 0.121. The molecule has 25 heavy (non-hydrogen) atoms. The largest absolute Gasteiger partial charge is 0.379 e. The molecule has 0 aliphatic carbocycles. The number of hydrogen-bond donors (Lipinski definition) is 1. The highest BCUT2D eigenvalue weighted by molar-refractivity contribution is 5.77. The standard InChI is InChI=1S/C23H28N2/c1-7-21-12-8-9-14-23(21)18(4)19(5)24-22-13-10-11-20(15-22)16-25(6)17(2)3/h7-15,19,24H,1-2,4,16H2,3,5-6H3. The van der Waals surface area contributed by atoms with Gasteiger partial charge in [-0.15, -0.1) is 0 Å². The second kappa shape index (κ2) is 8.39. The van der Waals surface area contributed by atoms with E-state index < -0.39 is 0 Å². The fourth-order valence-electron chi connectivity index (χ4n) is 2.71. The summed E-state index contributed by atoms with van der Waals surface area (Å²) in [6.45, 7) is 17.2. The normalized spacial score (nSPS) is 11.5. The Morgan fingerprint density at radius 3 is 2.56 bits per heavy atom. The first-order valence-corrected chi connectivity index (χ1v) is 8.55. The molecule has 0 saturated heterocycles. The van der Waals surface area contributed by atoms with Crippen LogP contribution in [0.25, 0.3) is 11.6 Å². The molecule has 0 fully saturated rings. The third kappa shape index (κ3) is 4.87. The average molecular weight is 332 g/mol. The van der Waals surface area contributed by atoms with Crippen LogP contribution in [-0.4, -0.2) is 18.0 Å². The van der Waals surface area contributed by atoms with Crippen molar-refractivity contribution >= 4 is 17.3 Å². The number of allylic oxidation sites excluding steroid dienone is 1. The fourth-order valence-corrected chi connectivity index (χ4v) is 2.71. The maximum Gasteiger partial charge on any atom is 0.0485 e. The average Bonchev–Trinajstić information content (AvgIpc) is 2.61. The molecule has 0 aliphatic rings. The van der Waals surface area contributed by atoms with E-state index in [4.69, 9.17) is 0 Å². The van der Waals surface area contributed by atoms with Crippen molar-refractivity contribution in [3.8, 4) is 0 Å². The SMILES string of the molecule is C=Cc1ccccc1C(=C)C(C)Nc1cccc(CN(C)C(=C)C)c1. The van der Waals surface area contributed by atoms with Crippen LogP contribution < -0.4 is 5.32 Å². The third-order valence-corrected chi connectivity index (χ3v) is 4.43. The Balaban J connectivity index is 2.12. The first kappa shape index (κ1) is 18.6. The number of nitrogens with one attached hydrogen (secondary N) is 1. The Bertz CT molecular complexity index is 773. The monoisotopic (exact) mass is 332 g/mol. The van der Waals surface area contributed by atoms with Crippen molar-refractivity contribution in [3.05, 3.63) is 90.7 Å². The summed E-state index contributed by atoms with van der Waals surface area (Å²) < 4.78 is 0. The molecule has 0 aliphatic heterocycles. The molecule has 0 bridgehead atoms. The molecule has 0 saturated carbocycles. The van der Waals surface area contributed by atoms with E-state index in [-0.39, 0.29) is 6.04 Å². The summed E-state index contributed by atoms with van der Waals surface area (Å²) in [4.78, 5) is 2.14. The third-order valence-electron chi connectivity index (χ3n) is 4.43. The van der Waals surface area contributed by atoms with E-state index in [0.717, 1.165) is 34.6 Å². The minimum Gasteiger partial charge on any atom is -0.379 e. The molecule has 2 rings (SSSR count). The van der Waals surface area contributed by atoms with Crippen molar-refractivity contribution in [1.29, 1.82) is 0 Å². The molecule has 2 nitrogen and oxygen atoms in total. The van der Waals surface area contributed by atoms with Crippen LogP contribution in [0.1, 0.15) is 30.5 Å². The van der Waals surface area contributed by atoms with Crippen LogP contribution in [0.3, 0.4) is 0 Å². The molecule has 0 spiro atoms. The Labute approximate surface area is 152 Å². The first-order chi connectivity index (χ1) is 11.9. The van der Waals surface area contributed by atoms with Crippen molar-refractivity contribution in [1.82, 2.24) is 4.90 Å². The van der Waals surface area contributed by atoms with E-state index >= 15 is 0 Å². The van der Waals surface area contributed by atoms with Gasteiger partial charge < -0.3 is 10.2 Å². The van der Waals surface area contributed by atoms with Gasteiger partial charge in [0.05, 0.1) is 0 Å². The van der Waals surface area contributed by atoms with Gasteiger partial charge in [-0.3, -0.25) is 0 Å². The van der Waals surface area contributed by atoms with Gasteiger partial charge in [0.25, 0.3) is 0 Å². The van der Waals surface area contributed by atoms with Gasteiger partial charge >= 0.3 is 0 Å². The van der Waals surface area contributed by atoms with E-state index in [9.17, 15) is 0 Å². The Morgan fingerprint density at radius 1 is 1.16 bits per heavy atom. The summed E-state index contributed by atoms with van der Waals surface area (Å²) in [7, 11) is 2.05. The van der Waals surface area contributed by atoms with Gasteiger partial charge in [0.15, 0.2) is 0 Å². The second-order valence-corrected chi connectivity index (χ2v) is 6.47. The van der Waals surface area contributed by atoms with E-state index in [1.807, 2.05) is 25.1 Å². The van der Waals surface area contributed by atoms with Crippen LogP contribution in [0.5, 0.6) is 0 Å². The molecule has 2 heteroatoms. The summed E-state index contributed by atoms with van der Waals surface area (Å²) in [5, 5.41) is 3.56. The van der Waals surface area contributed by atoms with Crippen molar-refractivity contribution in [2.75, 3.05) is 12.4 Å². The number of hydrogen-bond acceptors (Lipinski definition) is 2. The summed E-state index contributed by atoms with van der Waals surface area (Å²) in [5.41, 5.74) is 6.70. The quantitative estimate of drug-likeness (QED) is 0.656. The van der Waals surface area contributed by atoms with Crippen LogP contribution in [0.2, 0.25) is 0 Å². The number of rotatable bonds is 8. The lowest BCUT2D eigenvalue weighted by molar-refractivity contribution is 0.414. The van der Waals surface area contributed by atoms with E-state index in [1.165, 1.54) is 5.56 Å². The summed E-state index contributed by atoms with van der Waals surface area (Å²) >= 11 is 0. The van der Waals surface area contributed by atoms with Crippen molar-refractivity contribution < 1.29 is 0 Å². The number of anilines is 1. The van der Waals surface area contributed by atoms with E-state index in [1.54, 1.807) is 0 Å². The highest BCUT2D eigenvalue weighted by Crippen LogP contribution is 2.24. The molecule has 2 aromatic rings. The molecule has 2 aromatic carbocycles. The number of benzene rings is 2. The lowest BCUT2D eigenvalue weighted by atomic mass is 9.96. The molecule has 1 unspecified atom stereocenters. The molecule has 1 N–H and O–H groups in total. The van der Waals surface area contributed by atoms with Crippen LogP contribution in [0.15, 0.2) is 74.0 Å². The molecule has 0 aromatic heterocycles. The highest BCUT2D eigenvalue weighted by atomic mass is 15.1. The Kier molecular flexibility index (Phi) is 6.24. The van der Waals surface area contributed by atoms with Gasteiger partial charge in [0.2, 0.25) is 0 Å². The highest BCUT2D eigenvalue weighted by Gasteiger charge is 2.11. The lowest BCUT2D eigenvalue weighted by Crippen LogP contribution is -2.18. The number of nitrogens with zero attached hydrogens (tertiary/aromatic N) is 1. The lowest BCUT2D eigenvalue weighted by Gasteiger charge is -2.22. The topological polar surface area (TPSA) is 15.3 Å². The van der Waals surface area contributed by atoms with Crippen molar-refractivity contribution in [2.24, 2.45) is 0 Å². The summed E-state index contributed by atoms with van der Waals surface area (Å²) in [6, 6.07) is 16.8. The van der Waals surface area contributed by atoms with Gasteiger partial charge in [-0.25, -0.2) is 0 Å². The van der Waals surface area contributed by atoms with E-state index in [2.05, 4.69) is 80.3 Å². The van der Waals surface area contributed by atoms with Crippen LogP contribution in [0, 0.1) is 0 Å². The zero-order chi connectivity index (χ0) is 18.4. The van der Waals surface area contributed by atoms with Gasteiger partial charge in [0.1, 0.15) is 0 Å². The summed E-state index contributed by atoms with van der Waals surface area (Å²) in [5.74, 6) is 0. The van der Waals surface area contributed by atoms with Gasteiger partial charge in [-0.05, 0) is 48.2 Å². The second-order valence-electron chi connectivity index (χ2n) is 6.47. The van der Waals surface area contributed by atoms with Crippen molar-refractivity contribution in [2.45, 2.75) is 26.4 Å². The zero-order valence-electron chi connectivity index (χ0n) is 15.5. The van der Waals surface area contributed by atoms with E-state index in [0.29, 0.717) is 0 Å². The molecule has 0 heterocycles. The maximum atomic E-state index is 4.29. The molecular weight excluding hydrogens is 304 g/mol. The summed E-state index contributed by atoms with van der Waals surface area (Å²) in [6.07, 6.45) is 1.88. The molecular formula is C23H28N2. The van der Waals surface area contributed by atoms with Crippen molar-refractivity contribution in [3.63, 3.8) is 0 Å². The smallest absolute Gasteiger partial charge is 0.0485 e. The van der Waals surface area contributed by atoms with Gasteiger partial charge in [-0.2, -0.15) is 0 Å². The maximum absolute atomic E-state index is 4.29. The predicted octanol–water partition coefficient (Wildman–Crippen LogP) is 5.81. The van der Waals surface area contributed by atoms with Crippen LogP contribution in [0.4, 0.5) is 5.69 Å². The first-order valence-electron chi connectivity index (χ1n) is 8.55. The fraction of sp³-hybridized carbons (Fsp3) is 0.217. The van der Waals surface area contributed by atoms with Gasteiger partial charge in [-0.1, -0.05) is 62.2 Å². The molecule has 0 radical (unpaired) electrons. The molecule has 0 amide bonds.